The molecule has 2 unspecified atom stereocenters. The summed E-state index contributed by atoms with van der Waals surface area (Å²) in [6.45, 7) is 7.94. The first-order chi connectivity index (χ1) is 18.6. The van der Waals surface area contributed by atoms with Gasteiger partial charge in [-0.25, -0.2) is 0 Å². The number of esters is 1. The smallest absolute Gasteiger partial charge is 0.329 e. The predicted molar refractivity (Wildman–Crippen MR) is 156 cm³/mol. The summed E-state index contributed by atoms with van der Waals surface area (Å²) in [6, 6.07) is 8.03. The molecule has 38 heavy (non-hydrogen) atoms. The van der Waals surface area contributed by atoms with Crippen molar-refractivity contribution in [2.45, 2.75) is 117 Å². The number of rotatable bonds is 26. The highest BCUT2D eigenvalue weighted by Crippen LogP contribution is 2.33. The van der Waals surface area contributed by atoms with Crippen molar-refractivity contribution >= 4 is 14.6 Å². The molecule has 0 aliphatic heterocycles. The lowest BCUT2D eigenvalue weighted by Crippen LogP contribution is -2.28. The van der Waals surface area contributed by atoms with Gasteiger partial charge in [-0.1, -0.05) is 103 Å². The van der Waals surface area contributed by atoms with E-state index in [9.17, 15) is 9.69 Å². The molecule has 0 aliphatic carbocycles. The molecule has 0 radical (unpaired) electrons. The van der Waals surface area contributed by atoms with Gasteiger partial charge in [0, 0.05) is 6.92 Å². The van der Waals surface area contributed by atoms with E-state index in [1.165, 1.54) is 77.6 Å². The van der Waals surface area contributed by atoms with E-state index in [-0.39, 0.29) is 13.2 Å². The van der Waals surface area contributed by atoms with Crippen LogP contribution in [0.2, 0.25) is 0 Å². The first kappa shape index (κ1) is 34.8. The minimum Gasteiger partial charge on any atom is -0.489 e. The van der Waals surface area contributed by atoms with Crippen molar-refractivity contribution in [1.29, 1.82) is 0 Å². The number of benzene rings is 1. The fraction of sp³-hybridized carbons (Fsp3) is 0.767. The van der Waals surface area contributed by atoms with Crippen LogP contribution >= 0.6 is 8.60 Å². The summed E-state index contributed by atoms with van der Waals surface area (Å²) in [6.07, 6.45) is 17.1. The second-order valence-corrected chi connectivity index (χ2v) is 10.9. The number of hydrogen-bond acceptors (Lipinski definition) is 7. The lowest BCUT2D eigenvalue weighted by atomic mass is 10.0. The summed E-state index contributed by atoms with van der Waals surface area (Å²) in [7, 11) is -2.03. The molecule has 8 heteroatoms. The molecule has 0 saturated heterocycles. The average molecular weight is 556 g/mol. The summed E-state index contributed by atoms with van der Waals surface area (Å²) >= 11 is 0. The molecule has 220 valence electrons. The Labute approximate surface area is 233 Å². The maximum atomic E-state index is 11.6. The van der Waals surface area contributed by atoms with Gasteiger partial charge in [-0.3, -0.25) is 4.79 Å². The number of para-hydroxylation sites is 1. The van der Waals surface area contributed by atoms with Crippen molar-refractivity contribution in [3.8, 4) is 5.75 Å². The van der Waals surface area contributed by atoms with Gasteiger partial charge in [-0.2, -0.15) is 0 Å². The molecule has 0 saturated carbocycles. The van der Waals surface area contributed by atoms with Crippen LogP contribution in [0.3, 0.4) is 0 Å². The summed E-state index contributed by atoms with van der Waals surface area (Å²) in [5, 5.41) is 3.20. The molecular formula is C30H54NO6P. The minimum absolute atomic E-state index is 0.00982. The maximum absolute atomic E-state index is 11.6. The maximum Gasteiger partial charge on any atom is 0.329 e. The Hall–Kier alpha value is -1.24. The van der Waals surface area contributed by atoms with Gasteiger partial charge in [0.05, 0.1) is 13.2 Å². The van der Waals surface area contributed by atoms with Gasteiger partial charge in [0.1, 0.15) is 12.4 Å². The van der Waals surface area contributed by atoms with Gasteiger partial charge >= 0.3 is 14.6 Å². The Morgan fingerprint density at radius 3 is 2.13 bits per heavy atom. The third kappa shape index (κ3) is 19.8. The largest absolute Gasteiger partial charge is 0.489 e. The lowest BCUT2D eigenvalue weighted by molar-refractivity contribution is -0.149. The zero-order valence-electron chi connectivity index (χ0n) is 24.3. The van der Waals surface area contributed by atoms with Gasteiger partial charge in [0.25, 0.3) is 0 Å². The van der Waals surface area contributed by atoms with Crippen molar-refractivity contribution in [3.05, 3.63) is 29.8 Å². The molecule has 1 rings (SSSR count). The van der Waals surface area contributed by atoms with Gasteiger partial charge in [0.2, 0.25) is 0 Å². The zero-order chi connectivity index (χ0) is 27.7. The number of carbonyl (C=O) groups excluding carboxylic acids is 1. The highest BCUT2D eigenvalue weighted by Gasteiger charge is 2.18. The van der Waals surface area contributed by atoms with E-state index in [0.717, 1.165) is 43.7 Å². The van der Waals surface area contributed by atoms with Crippen LogP contribution in [0.4, 0.5) is 0 Å². The Morgan fingerprint density at radius 1 is 0.868 bits per heavy atom. The van der Waals surface area contributed by atoms with E-state index in [1.807, 2.05) is 25.1 Å². The summed E-state index contributed by atoms with van der Waals surface area (Å²) < 4.78 is 22.1. The third-order valence-corrected chi connectivity index (χ3v) is 7.12. The van der Waals surface area contributed by atoms with Crippen LogP contribution < -0.4 is 10.1 Å². The summed E-state index contributed by atoms with van der Waals surface area (Å²) in [4.78, 5) is 21.5. The van der Waals surface area contributed by atoms with E-state index in [2.05, 4.69) is 18.3 Å². The van der Waals surface area contributed by atoms with Gasteiger partial charge in [0.15, 0.2) is 6.10 Å². The number of ether oxygens (including phenoxy) is 2. The van der Waals surface area contributed by atoms with Gasteiger partial charge in [-0.05, 0) is 44.0 Å². The standard InChI is InChI=1S/C30H54NO6P/c1-4-6-7-8-9-10-11-12-13-14-15-16-20-28-21-17-18-22-30(28)34-25-29(37-27(3)32)26-36-38(33)35-24-19-23-31-5-2/h17-18,21-22,29,31,33H,4-16,19-20,23-26H2,1-3H3. The molecule has 2 atom stereocenters. The Bertz CT molecular complexity index is 692. The molecule has 0 aliphatic rings. The van der Waals surface area contributed by atoms with E-state index in [1.54, 1.807) is 0 Å². The third-order valence-electron chi connectivity index (χ3n) is 6.35. The zero-order valence-corrected chi connectivity index (χ0v) is 25.2. The molecule has 0 aromatic heterocycles. The van der Waals surface area contributed by atoms with E-state index in [4.69, 9.17) is 18.5 Å². The normalized spacial score (nSPS) is 12.8. The first-order valence-electron chi connectivity index (χ1n) is 14.9. The Kier molecular flexibility index (Phi) is 22.7. The molecule has 0 bridgehead atoms. The predicted octanol–water partition coefficient (Wildman–Crippen LogP) is 7.49. The molecule has 1 aromatic carbocycles. The molecule has 0 spiro atoms. The highest BCUT2D eigenvalue weighted by atomic mass is 31.2. The Balaban J connectivity index is 2.29. The molecular weight excluding hydrogens is 501 g/mol. The molecule has 0 heterocycles. The van der Waals surface area contributed by atoms with Crippen molar-refractivity contribution in [2.75, 3.05) is 32.9 Å². The van der Waals surface area contributed by atoms with Crippen LogP contribution in [0.25, 0.3) is 0 Å². The number of carbonyl (C=O) groups is 1. The van der Waals surface area contributed by atoms with Crippen LogP contribution in [0.1, 0.15) is 110 Å². The van der Waals surface area contributed by atoms with Crippen molar-refractivity contribution < 1.29 is 28.2 Å². The highest BCUT2D eigenvalue weighted by molar-refractivity contribution is 7.40. The van der Waals surface area contributed by atoms with Crippen LogP contribution in [0.15, 0.2) is 24.3 Å². The van der Waals surface area contributed by atoms with Crippen molar-refractivity contribution in [3.63, 3.8) is 0 Å². The monoisotopic (exact) mass is 555 g/mol. The van der Waals surface area contributed by atoms with E-state index >= 15 is 0 Å². The van der Waals surface area contributed by atoms with Gasteiger partial charge in [-0.15, -0.1) is 0 Å². The van der Waals surface area contributed by atoms with Gasteiger partial charge < -0.3 is 28.7 Å². The lowest BCUT2D eigenvalue weighted by Gasteiger charge is -2.20. The van der Waals surface area contributed by atoms with Crippen LogP contribution in [0.5, 0.6) is 5.75 Å². The SMILES string of the molecule is CCCCCCCCCCCCCCc1ccccc1OCC(COP(O)OCCCNCC)OC(C)=O. The number of nitrogens with one attached hydrogen (secondary N) is 1. The molecule has 0 amide bonds. The number of unbranched alkanes of at least 4 members (excludes halogenated alkanes) is 11. The van der Waals surface area contributed by atoms with E-state index < -0.39 is 20.7 Å². The fourth-order valence-electron chi connectivity index (χ4n) is 4.24. The second-order valence-electron chi connectivity index (χ2n) is 9.86. The second kappa shape index (κ2) is 24.8. The van der Waals surface area contributed by atoms with Crippen molar-refractivity contribution in [2.24, 2.45) is 0 Å². The first-order valence-corrected chi connectivity index (χ1v) is 16.0. The van der Waals surface area contributed by atoms with Crippen LogP contribution in [-0.2, 0) is 25.0 Å². The number of aryl methyl sites for hydroxylation is 1. The topological polar surface area (TPSA) is 86.2 Å². The quantitative estimate of drug-likeness (QED) is 0.0696. The number of hydrogen-bond donors (Lipinski definition) is 2. The average Bonchev–Trinajstić information content (AvgIpc) is 2.91. The fourth-order valence-corrected chi connectivity index (χ4v) is 4.90. The Morgan fingerprint density at radius 2 is 1.50 bits per heavy atom. The summed E-state index contributed by atoms with van der Waals surface area (Å²) in [5.41, 5.74) is 1.16. The molecule has 0 fully saturated rings. The van der Waals surface area contributed by atoms with Crippen LogP contribution in [-0.4, -0.2) is 49.9 Å². The molecule has 2 N–H and O–H groups in total. The van der Waals surface area contributed by atoms with Crippen LogP contribution in [0, 0.1) is 0 Å². The van der Waals surface area contributed by atoms with Crippen molar-refractivity contribution in [1.82, 2.24) is 5.32 Å². The molecule has 1 aromatic rings. The summed E-state index contributed by atoms with van der Waals surface area (Å²) in [5.74, 6) is 0.388. The molecule has 7 nitrogen and oxygen atoms in total. The minimum atomic E-state index is -2.03. The van der Waals surface area contributed by atoms with E-state index in [0.29, 0.717) is 6.61 Å².